The highest BCUT2D eigenvalue weighted by atomic mass is 79.9. The number of halogens is 4. The Bertz CT molecular complexity index is 637. The summed E-state index contributed by atoms with van der Waals surface area (Å²) < 4.78 is 60.0. The molecule has 0 saturated heterocycles. The highest BCUT2D eigenvalue weighted by Gasteiger charge is 2.22. The Morgan fingerprint density at radius 1 is 1.45 bits per heavy atom. The van der Waals surface area contributed by atoms with Crippen LogP contribution in [0.4, 0.5) is 13.2 Å². The van der Waals surface area contributed by atoms with Gasteiger partial charge in [-0.15, -0.1) is 0 Å². The lowest BCUT2D eigenvalue weighted by Crippen LogP contribution is -2.31. The van der Waals surface area contributed by atoms with Crippen LogP contribution in [0.2, 0.25) is 0 Å². The maximum atomic E-state index is 13.6. The molecular formula is C10H10BrF3N2O3S. The van der Waals surface area contributed by atoms with Crippen molar-refractivity contribution in [3.05, 3.63) is 28.0 Å². The van der Waals surface area contributed by atoms with Crippen molar-refractivity contribution in [2.24, 2.45) is 5.14 Å². The molecule has 0 aliphatic carbocycles. The second-order valence-corrected chi connectivity index (χ2v) is 6.21. The first kappa shape index (κ1) is 16.9. The zero-order chi connectivity index (χ0) is 15.7. The summed E-state index contributed by atoms with van der Waals surface area (Å²) >= 11 is 2.70. The van der Waals surface area contributed by atoms with Crippen molar-refractivity contribution in [1.82, 2.24) is 4.90 Å². The van der Waals surface area contributed by atoms with Gasteiger partial charge in [0.15, 0.2) is 0 Å². The Hall–Kier alpha value is -1.13. The van der Waals surface area contributed by atoms with E-state index in [-0.39, 0.29) is 0 Å². The van der Waals surface area contributed by atoms with Crippen LogP contribution >= 0.6 is 15.9 Å². The number of nitrogens with zero attached hydrogens (tertiary/aromatic N) is 1. The number of hydrogen-bond acceptors (Lipinski definition) is 3. The van der Waals surface area contributed by atoms with Gasteiger partial charge in [0.25, 0.3) is 12.3 Å². The highest BCUT2D eigenvalue weighted by molar-refractivity contribution is 9.10. The van der Waals surface area contributed by atoms with E-state index in [0.717, 1.165) is 19.2 Å². The summed E-state index contributed by atoms with van der Waals surface area (Å²) in [5.74, 6) is -1.98. The third kappa shape index (κ3) is 3.93. The van der Waals surface area contributed by atoms with Crippen molar-refractivity contribution in [3.8, 4) is 0 Å². The molecule has 0 unspecified atom stereocenters. The first-order valence-corrected chi connectivity index (χ1v) is 7.43. The quantitative estimate of drug-likeness (QED) is 0.868. The number of carbonyl (C=O) groups excluding carboxylic acids is 1. The number of alkyl halides is 2. The standard InChI is InChI=1S/C10H10BrF3N2O3S/c1-16(4-8(13)14)10(17)5-2-6(12)9(11)7(3-5)20(15,18)19/h2-3,8H,4H2,1H3,(H2,15,18,19). The van der Waals surface area contributed by atoms with Crippen LogP contribution in [0.3, 0.4) is 0 Å². The molecule has 0 fully saturated rings. The van der Waals surface area contributed by atoms with Crippen molar-refractivity contribution in [3.63, 3.8) is 0 Å². The van der Waals surface area contributed by atoms with Crippen LogP contribution in [0.25, 0.3) is 0 Å². The normalized spacial score (nSPS) is 11.8. The molecule has 1 rings (SSSR count). The molecule has 1 amide bonds. The Labute approximate surface area is 121 Å². The van der Waals surface area contributed by atoms with E-state index < -0.39 is 49.6 Å². The molecule has 0 aromatic heterocycles. The fourth-order valence-corrected chi connectivity index (χ4v) is 2.95. The molecule has 0 bridgehead atoms. The summed E-state index contributed by atoms with van der Waals surface area (Å²) in [7, 11) is -3.18. The van der Waals surface area contributed by atoms with Gasteiger partial charge in [-0.25, -0.2) is 26.7 Å². The number of rotatable bonds is 4. The van der Waals surface area contributed by atoms with Crippen molar-refractivity contribution in [1.29, 1.82) is 0 Å². The Balaban J connectivity index is 3.28. The minimum atomic E-state index is -4.27. The van der Waals surface area contributed by atoms with E-state index in [0.29, 0.717) is 4.90 Å². The van der Waals surface area contributed by atoms with E-state index in [2.05, 4.69) is 15.9 Å². The van der Waals surface area contributed by atoms with Gasteiger partial charge in [0.2, 0.25) is 10.0 Å². The lowest BCUT2D eigenvalue weighted by Gasteiger charge is -2.17. The van der Waals surface area contributed by atoms with Crippen LogP contribution in [0, 0.1) is 5.82 Å². The number of benzene rings is 1. The smallest absolute Gasteiger partial charge is 0.255 e. The Morgan fingerprint density at radius 3 is 2.45 bits per heavy atom. The predicted molar refractivity (Wildman–Crippen MR) is 68.4 cm³/mol. The van der Waals surface area contributed by atoms with E-state index >= 15 is 0 Å². The SMILES string of the molecule is CN(CC(F)F)C(=O)c1cc(F)c(Br)c(S(N)(=O)=O)c1. The van der Waals surface area contributed by atoms with Gasteiger partial charge in [-0.2, -0.15) is 0 Å². The summed E-state index contributed by atoms with van der Waals surface area (Å²) in [6.45, 7) is -0.860. The van der Waals surface area contributed by atoms with Gasteiger partial charge in [0.05, 0.1) is 15.9 Å². The zero-order valence-corrected chi connectivity index (χ0v) is 12.5. The fourth-order valence-electron chi connectivity index (χ4n) is 1.40. The topological polar surface area (TPSA) is 80.5 Å². The molecule has 0 radical (unpaired) electrons. The minimum Gasteiger partial charge on any atom is -0.336 e. The molecule has 0 aliphatic heterocycles. The molecule has 0 saturated carbocycles. The van der Waals surface area contributed by atoms with Crippen LogP contribution in [0.15, 0.2) is 21.5 Å². The van der Waals surface area contributed by atoms with Crippen molar-refractivity contribution in [2.45, 2.75) is 11.3 Å². The molecule has 1 aromatic rings. The van der Waals surface area contributed by atoms with E-state index in [1.165, 1.54) is 0 Å². The minimum absolute atomic E-state index is 0.391. The maximum absolute atomic E-state index is 13.6. The summed E-state index contributed by atoms with van der Waals surface area (Å²) in [5.41, 5.74) is -0.391. The molecule has 1 aromatic carbocycles. The Morgan fingerprint density at radius 2 is 2.00 bits per heavy atom. The second-order valence-electron chi connectivity index (χ2n) is 3.89. The van der Waals surface area contributed by atoms with E-state index in [4.69, 9.17) is 5.14 Å². The number of hydrogen-bond donors (Lipinski definition) is 1. The lowest BCUT2D eigenvalue weighted by atomic mass is 10.2. The molecule has 0 aliphatic rings. The lowest BCUT2D eigenvalue weighted by molar-refractivity contribution is 0.0619. The van der Waals surface area contributed by atoms with Gasteiger partial charge in [0.1, 0.15) is 5.82 Å². The highest BCUT2D eigenvalue weighted by Crippen LogP contribution is 2.26. The molecule has 20 heavy (non-hydrogen) atoms. The molecule has 2 N–H and O–H groups in total. The first-order chi connectivity index (χ1) is 9.04. The second kappa shape index (κ2) is 6.10. The number of carbonyl (C=O) groups is 1. The number of amides is 1. The van der Waals surface area contributed by atoms with Crippen molar-refractivity contribution >= 4 is 31.9 Å². The summed E-state index contributed by atoms with van der Waals surface area (Å²) in [5, 5.41) is 4.88. The van der Waals surface area contributed by atoms with Crippen LogP contribution < -0.4 is 5.14 Å². The monoisotopic (exact) mass is 374 g/mol. The largest absolute Gasteiger partial charge is 0.336 e. The molecule has 5 nitrogen and oxygen atoms in total. The van der Waals surface area contributed by atoms with Crippen LogP contribution in [0.1, 0.15) is 10.4 Å². The van der Waals surface area contributed by atoms with Gasteiger partial charge in [0, 0.05) is 12.6 Å². The van der Waals surface area contributed by atoms with E-state index in [9.17, 15) is 26.4 Å². The summed E-state index contributed by atoms with van der Waals surface area (Å²) in [6.07, 6.45) is -2.76. The third-order valence-electron chi connectivity index (χ3n) is 2.31. The van der Waals surface area contributed by atoms with E-state index in [1.54, 1.807) is 0 Å². The van der Waals surface area contributed by atoms with Gasteiger partial charge in [-0.1, -0.05) is 0 Å². The molecule has 0 atom stereocenters. The predicted octanol–water partition coefficient (Wildman–Crippen LogP) is 1.57. The zero-order valence-electron chi connectivity index (χ0n) is 10.1. The van der Waals surface area contributed by atoms with Gasteiger partial charge in [-0.05, 0) is 28.1 Å². The maximum Gasteiger partial charge on any atom is 0.255 e. The molecule has 112 valence electrons. The van der Waals surface area contributed by atoms with E-state index in [1.807, 2.05) is 0 Å². The first-order valence-electron chi connectivity index (χ1n) is 5.09. The number of sulfonamides is 1. The van der Waals surface area contributed by atoms with Gasteiger partial charge < -0.3 is 4.90 Å². The summed E-state index contributed by atoms with van der Waals surface area (Å²) in [6, 6.07) is 1.57. The van der Waals surface area contributed by atoms with Crippen molar-refractivity contribution < 1.29 is 26.4 Å². The van der Waals surface area contributed by atoms with Gasteiger partial charge >= 0.3 is 0 Å². The molecule has 0 spiro atoms. The van der Waals surface area contributed by atoms with Crippen molar-refractivity contribution in [2.75, 3.05) is 13.6 Å². The molecular weight excluding hydrogens is 365 g/mol. The molecule has 10 heteroatoms. The fraction of sp³-hybridized carbons (Fsp3) is 0.300. The summed E-state index contributed by atoms with van der Waals surface area (Å²) in [4.78, 5) is 11.8. The number of nitrogens with two attached hydrogens (primary N) is 1. The van der Waals surface area contributed by atoms with Crippen LogP contribution in [-0.4, -0.2) is 39.2 Å². The van der Waals surface area contributed by atoms with Gasteiger partial charge in [-0.3, -0.25) is 4.79 Å². The Kier molecular flexibility index (Phi) is 5.16. The third-order valence-corrected chi connectivity index (χ3v) is 4.31. The van der Waals surface area contributed by atoms with Crippen LogP contribution in [-0.2, 0) is 10.0 Å². The number of primary sulfonamides is 1. The average molecular weight is 375 g/mol. The average Bonchev–Trinajstić information content (AvgIpc) is 2.29. The molecule has 0 heterocycles. The van der Waals surface area contributed by atoms with Crippen LogP contribution in [0.5, 0.6) is 0 Å².